The lowest BCUT2D eigenvalue weighted by molar-refractivity contribution is 0.102. The highest BCUT2D eigenvalue weighted by Crippen LogP contribution is 2.20. The molecular weight excluding hydrogens is 366 g/mol. The summed E-state index contributed by atoms with van der Waals surface area (Å²) in [5.74, 6) is 0.981. The number of anilines is 1. The van der Waals surface area contributed by atoms with Gasteiger partial charge in [0.1, 0.15) is 0 Å². The summed E-state index contributed by atoms with van der Waals surface area (Å²) in [6, 6.07) is 15.3. The van der Waals surface area contributed by atoms with Crippen LogP contribution in [0.15, 0.2) is 59.3 Å². The number of aryl methyl sites for hydroxylation is 3. The molecule has 29 heavy (non-hydrogen) atoms. The minimum atomic E-state index is -0.185. The van der Waals surface area contributed by atoms with Crippen LogP contribution in [-0.2, 0) is 6.42 Å². The average Bonchev–Trinajstić information content (AvgIpc) is 3.35. The number of nitrogens with zero attached hydrogens (tertiary/aromatic N) is 4. The van der Waals surface area contributed by atoms with E-state index in [1.54, 1.807) is 10.9 Å². The van der Waals surface area contributed by atoms with Gasteiger partial charge in [0, 0.05) is 23.9 Å². The van der Waals surface area contributed by atoms with E-state index in [-0.39, 0.29) is 5.91 Å². The van der Waals surface area contributed by atoms with Crippen molar-refractivity contribution in [3.05, 3.63) is 77.4 Å². The number of carbonyl (C=O) groups excluding carboxylic acids is 1. The first-order valence-corrected chi connectivity index (χ1v) is 9.41. The Bertz CT molecular complexity index is 1160. The third-order valence-electron chi connectivity index (χ3n) is 4.58. The van der Waals surface area contributed by atoms with E-state index < -0.39 is 0 Å². The first-order chi connectivity index (χ1) is 14.0. The Morgan fingerprint density at radius 1 is 1.14 bits per heavy atom. The summed E-state index contributed by atoms with van der Waals surface area (Å²) in [5.41, 5.74) is 4.73. The zero-order valence-electron chi connectivity index (χ0n) is 16.5. The highest BCUT2D eigenvalue weighted by molar-refractivity contribution is 6.05. The van der Waals surface area contributed by atoms with Crippen molar-refractivity contribution in [3.8, 4) is 17.1 Å². The lowest BCUT2D eigenvalue weighted by atomic mass is 10.2. The molecule has 2 heterocycles. The van der Waals surface area contributed by atoms with E-state index in [0.717, 1.165) is 22.5 Å². The van der Waals surface area contributed by atoms with Gasteiger partial charge in [-0.15, -0.1) is 0 Å². The molecule has 2 aromatic carbocycles. The van der Waals surface area contributed by atoms with Crippen LogP contribution in [0.4, 0.5) is 5.69 Å². The first-order valence-electron chi connectivity index (χ1n) is 9.41. The van der Waals surface area contributed by atoms with Gasteiger partial charge in [-0.2, -0.15) is 10.1 Å². The number of hydrogen-bond acceptors (Lipinski definition) is 5. The molecule has 1 N–H and O–H groups in total. The van der Waals surface area contributed by atoms with Gasteiger partial charge in [0.25, 0.3) is 5.91 Å². The Hall–Kier alpha value is -3.74. The fraction of sp³-hybridized carbons (Fsp3) is 0.182. The molecule has 0 spiro atoms. The van der Waals surface area contributed by atoms with Crippen LogP contribution < -0.4 is 5.32 Å². The van der Waals surface area contributed by atoms with Gasteiger partial charge in [-0.3, -0.25) is 4.79 Å². The predicted octanol–water partition coefficient (Wildman–Crippen LogP) is 4.35. The monoisotopic (exact) mass is 387 g/mol. The fourth-order valence-electron chi connectivity index (χ4n) is 3.02. The molecule has 0 saturated carbocycles. The molecule has 7 heteroatoms. The van der Waals surface area contributed by atoms with Crippen LogP contribution in [-0.4, -0.2) is 25.8 Å². The Morgan fingerprint density at radius 3 is 2.62 bits per heavy atom. The largest absolute Gasteiger partial charge is 0.339 e. The zero-order valence-corrected chi connectivity index (χ0v) is 16.5. The minimum Gasteiger partial charge on any atom is -0.339 e. The number of nitrogens with one attached hydrogen (secondary N) is 1. The number of carbonyl (C=O) groups is 1. The number of hydrogen-bond donors (Lipinski definition) is 1. The average molecular weight is 387 g/mol. The van der Waals surface area contributed by atoms with E-state index in [0.29, 0.717) is 29.4 Å². The quantitative estimate of drug-likeness (QED) is 0.550. The molecule has 7 nitrogen and oxygen atoms in total. The standard InChI is InChI=1S/C22H21N5O2/c1-4-20-24-21(26-29-20)16-8-10-18(11-9-16)27-13-19(15(3)25-27)22(28)23-17-7-5-6-14(2)12-17/h5-13H,4H2,1-3H3,(H,23,28). The van der Waals surface area contributed by atoms with Gasteiger partial charge in [0.15, 0.2) is 0 Å². The molecule has 0 unspecified atom stereocenters. The maximum absolute atomic E-state index is 12.7. The summed E-state index contributed by atoms with van der Waals surface area (Å²) in [6.45, 7) is 5.77. The van der Waals surface area contributed by atoms with Gasteiger partial charge in [0.05, 0.1) is 16.9 Å². The van der Waals surface area contributed by atoms with Crippen molar-refractivity contribution in [2.75, 3.05) is 5.32 Å². The SMILES string of the molecule is CCc1nc(-c2ccc(-n3cc(C(=O)Nc4cccc(C)c4)c(C)n3)cc2)no1. The molecule has 0 fully saturated rings. The van der Waals surface area contributed by atoms with Crippen molar-refractivity contribution in [2.45, 2.75) is 27.2 Å². The normalized spacial score (nSPS) is 10.9. The summed E-state index contributed by atoms with van der Waals surface area (Å²) < 4.78 is 6.85. The first kappa shape index (κ1) is 18.6. The second-order valence-electron chi connectivity index (χ2n) is 6.81. The lowest BCUT2D eigenvalue weighted by Gasteiger charge is -2.05. The van der Waals surface area contributed by atoms with Crippen molar-refractivity contribution >= 4 is 11.6 Å². The molecule has 0 aliphatic heterocycles. The Labute approximate surface area is 168 Å². The Balaban J connectivity index is 1.54. The molecule has 0 radical (unpaired) electrons. The van der Waals surface area contributed by atoms with Gasteiger partial charge in [-0.25, -0.2) is 4.68 Å². The van der Waals surface area contributed by atoms with Gasteiger partial charge < -0.3 is 9.84 Å². The van der Waals surface area contributed by atoms with E-state index in [2.05, 4.69) is 20.6 Å². The molecule has 0 atom stereocenters. The van der Waals surface area contributed by atoms with Crippen LogP contribution in [0.1, 0.15) is 34.4 Å². The maximum atomic E-state index is 12.7. The van der Waals surface area contributed by atoms with Crippen molar-refractivity contribution in [1.29, 1.82) is 0 Å². The molecule has 4 rings (SSSR count). The Kier molecular flexibility index (Phi) is 4.95. The second kappa shape index (κ2) is 7.71. The third kappa shape index (κ3) is 3.94. The van der Waals surface area contributed by atoms with Crippen LogP contribution in [0.2, 0.25) is 0 Å². The van der Waals surface area contributed by atoms with E-state index in [1.807, 2.05) is 69.3 Å². The van der Waals surface area contributed by atoms with Gasteiger partial charge in [-0.1, -0.05) is 24.2 Å². The molecule has 0 saturated heterocycles. The maximum Gasteiger partial charge on any atom is 0.259 e. The van der Waals surface area contributed by atoms with E-state index in [9.17, 15) is 4.79 Å². The van der Waals surface area contributed by atoms with Crippen LogP contribution in [0, 0.1) is 13.8 Å². The van der Waals surface area contributed by atoms with E-state index in [1.165, 1.54) is 0 Å². The predicted molar refractivity (Wildman–Crippen MR) is 110 cm³/mol. The van der Waals surface area contributed by atoms with Crippen molar-refractivity contribution in [1.82, 2.24) is 19.9 Å². The van der Waals surface area contributed by atoms with Crippen molar-refractivity contribution in [3.63, 3.8) is 0 Å². The van der Waals surface area contributed by atoms with Crippen LogP contribution in [0.3, 0.4) is 0 Å². The number of aromatic nitrogens is 4. The van der Waals surface area contributed by atoms with Gasteiger partial charge in [-0.05, 0) is 55.8 Å². The highest BCUT2D eigenvalue weighted by Gasteiger charge is 2.15. The molecule has 0 aliphatic carbocycles. The topological polar surface area (TPSA) is 85.8 Å². The van der Waals surface area contributed by atoms with Gasteiger partial charge in [0.2, 0.25) is 11.7 Å². The number of benzene rings is 2. The summed E-state index contributed by atoms with van der Waals surface area (Å²) in [5, 5.41) is 11.4. The van der Waals surface area contributed by atoms with E-state index in [4.69, 9.17) is 4.52 Å². The molecule has 2 aromatic heterocycles. The van der Waals surface area contributed by atoms with Crippen LogP contribution in [0.25, 0.3) is 17.1 Å². The lowest BCUT2D eigenvalue weighted by Crippen LogP contribution is -2.12. The summed E-state index contributed by atoms with van der Waals surface area (Å²) in [7, 11) is 0. The molecule has 0 aliphatic rings. The summed E-state index contributed by atoms with van der Waals surface area (Å²) in [4.78, 5) is 17.0. The van der Waals surface area contributed by atoms with Gasteiger partial charge >= 0.3 is 0 Å². The Morgan fingerprint density at radius 2 is 1.93 bits per heavy atom. The van der Waals surface area contributed by atoms with Crippen molar-refractivity contribution in [2.24, 2.45) is 0 Å². The van der Waals surface area contributed by atoms with Crippen LogP contribution in [0.5, 0.6) is 0 Å². The minimum absolute atomic E-state index is 0.185. The molecule has 4 aromatic rings. The number of rotatable bonds is 5. The summed E-state index contributed by atoms with van der Waals surface area (Å²) >= 11 is 0. The number of amides is 1. The zero-order chi connectivity index (χ0) is 20.4. The van der Waals surface area contributed by atoms with Crippen molar-refractivity contribution < 1.29 is 9.32 Å². The second-order valence-corrected chi connectivity index (χ2v) is 6.81. The third-order valence-corrected chi connectivity index (χ3v) is 4.58. The van der Waals surface area contributed by atoms with E-state index >= 15 is 0 Å². The smallest absolute Gasteiger partial charge is 0.259 e. The molecule has 0 bridgehead atoms. The highest BCUT2D eigenvalue weighted by atomic mass is 16.5. The fourth-order valence-corrected chi connectivity index (χ4v) is 3.02. The molecular formula is C22H21N5O2. The molecule has 1 amide bonds. The summed E-state index contributed by atoms with van der Waals surface area (Å²) in [6.07, 6.45) is 2.43. The van der Waals surface area contributed by atoms with Crippen LogP contribution >= 0.6 is 0 Å². The molecule has 146 valence electrons.